The Morgan fingerprint density at radius 2 is 2.12 bits per heavy atom. The van der Waals surface area contributed by atoms with Gasteiger partial charge in [-0.15, -0.1) is 0 Å². The Morgan fingerprint density at radius 3 is 2.85 bits per heavy atom. The van der Waals surface area contributed by atoms with E-state index >= 15 is 0 Å². The predicted octanol–water partition coefficient (Wildman–Crippen LogP) is 4.47. The Hall–Kier alpha value is -1.44. The van der Waals surface area contributed by atoms with E-state index in [-0.39, 0.29) is 18.5 Å². The minimum Gasteiger partial charge on any atom is -0.351 e. The van der Waals surface area contributed by atoms with Crippen LogP contribution >= 0.6 is 27.9 Å². The third kappa shape index (κ3) is 4.64. The molecule has 2 atom stereocenters. The van der Waals surface area contributed by atoms with Crippen LogP contribution in [0.15, 0.2) is 46.0 Å². The molecular weight excluding hydrogens is 417 g/mol. The summed E-state index contributed by atoms with van der Waals surface area (Å²) in [6.45, 7) is 4.34. The van der Waals surface area contributed by atoms with Gasteiger partial charge in [0.05, 0.1) is 12.2 Å². The Morgan fingerprint density at radius 1 is 1.38 bits per heavy atom. The largest absolute Gasteiger partial charge is 0.351 e. The molecule has 1 N–H and O–H groups in total. The normalized spacial score (nSPS) is 20.3. The Labute approximate surface area is 165 Å². The van der Waals surface area contributed by atoms with E-state index in [1.54, 1.807) is 18.0 Å². The van der Waals surface area contributed by atoms with Crippen molar-refractivity contribution >= 4 is 33.8 Å². The van der Waals surface area contributed by atoms with Crippen molar-refractivity contribution in [1.82, 2.24) is 14.6 Å². The van der Waals surface area contributed by atoms with Crippen molar-refractivity contribution in [3.8, 4) is 0 Å². The summed E-state index contributed by atoms with van der Waals surface area (Å²) >= 11 is 4.84. The van der Waals surface area contributed by atoms with Crippen LogP contribution in [0.1, 0.15) is 30.9 Å². The second-order valence-corrected chi connectivity index (χ2v) is 8.41. The van der Waals surface area contributed by atoms with Gasteiger partial charge in [0.1, 0.15) is 10.4 Å². The number of carbonyl (C=O) groups excluding carboxylic acids is 1. The van der Waals surface area contributed by atoms with Crippen molar-refractivity contribution in [2.75, 3.05) is 0 Å². The highest BCUT2D eigenvalue weighted by Gasteiger charge is 2.36. The fourth-order valence-corrected chi connectivity index (χ4v) is 4.46. The van der Waals surface area contributed by atoms with Crippen LogP contribution in [0.2, 0.25) is 0 Å². The molecule has 1 saturated heterocycles. The van der Waals surface area contributed by atoms with Crippen LogP contribution in [0, 0.1) is 12.7 Å². The fourth-order valence-electron chi connectivity index (χ4n) is 2.97. The van der Waals surface area contributed by atoms with Gasteiger partial charge in [-0.25, -0.2) is 13.7 Å². The van der Waals surface area contributed by atoms with Crippen molar-refractivity contribution in [3.63, 3.8) is 0 Å². The Balaban J connectivity index is 1.65. The molecule has 0 aliphatic carbocycles. The number of nitrogens with one attached hydrogen (secondary N) is 1. The lowest BCUT2D eigenvalue weighted by Crippen LogP contribution is -2.41. The van der Waals surface area contributed by atoms with Gasteiger partial charge in [-0.2, -0.15) is 0 Å². The van der Waals surface area contributed by atoms with Crippen molar-refractivity contribution in [2.24, 2.45) is 0 Å². The zero-order valence-corrected chi connectivity index (χ0v) is 17.1. The smallest absolute Gasteiger partial charge is 0.238 e. The molecule has 7 heteroatoms. The summed E-state index contributed by atoms with van der Waals surface area (Å²) in [5.74, 6) is -0.486. The van der Waals surface area contributed by atoms with E-state index in [9.17, 15) is 9.18 Å². The lowest BCUT2D eigenvalue weighted by molar-refractivity contribution is -0.124. The molecule has 2 aromatic rings. The number of aromatic nitrogens is 1. The molecule has 3 rings (SSSR count). The summed E-state index contributed by atoms with van der Waals surface area (Å²) in [6, 6.07) is 9.97. The molecule has 2 unspecified atom stereocenters. The minimum atomic E-state index is -0.417. The summed E-state index contributed by atoms with van der Waals surface area (Å²) in [4.78, 5) is 17.7. The lowest BCUT2D eigenvalue weighted by Gasteiger charge is -2.26. The maximum atomic E-state index is 13.8. The molecule has 2 heterocycles. The number of carbonyl (C=O) groups is 1. The van der Waals surface area contributed by atoms with Crippen molar-refractivity contribution in [1.29, 1.82) is 0 Å². The van der Waals surface area contributed by atoms with Crippen LogP contribution in [0.4, 0.5) is 4.39 Å². The Bertz CT molecular complexity index is 787. The van der Waals surface area contributed by atoms with Crippen LogP contribution < -0.4 is 5.32 Å². The number of hydrogen-bond donors (Lipinski definition) is 1. The molecule has 1 aliphatic rings. The van der Waals surface area contributed by atoms with Crippen LogP contribution in [0.3, 0.4) is 0 Å². The van der Waals surface area contributed by atoms with Crippen molar-refractivity contribution in [3.05, 3.63) is 58.1 Å². The molecule has 1 aromatic carbocycles. The number of pyridine rings is 1. The molecule has 0 bridgehead atoms. The molecule has 0 saturated carbocycles. The highest BCUT2D eigenvalue weighted by Crippen LogP contribution is 2.35. The number of nitrogens with zero attached hydrogens (tertiary/aromatic N) is 2. The van der Waals surface area contributed by atoms with Gasteiger partial charge >= 0.3 is 0 Å². The molecule has 0 spiro atoms. The Kier molecular flexibility index (Phi) is 6.32. The minimum absolute atomic E-state index is 0.0682. The number of aryl methyl sites for hydroxylation is 1. The number of amides is 1. The highest BCUT2D eigenvalue weighted by atomic mass is 79.9. The molecule has 0 radical (unpaired) electrons. The van der Waals surface area contributed by atoms with E-state index in [4.69, 9.17) is 0 Å². The first-order valence-electron chi connectivity index (χ1n) is 8.54. The zero-order chi connectivity index (χ0) is 18.7. The van der Waals surface area contributed by atoms with Gasteiger partial charge in [0.25, 0.3) is 0 Å². The van der Waals surface area contributed by atoms with E-state index in [0.29, 0.717) is 16.2 Å². The van der Waals surface area contributed by atoms with Gasteiger partial charge in [0.2, 0.25) is 5.91 Å². The number of halogens is 2. The molecule has 1 fully saturated rings. The maximum absolute atomic E-state index is 13.8. The predicted molar refractivity (Wildman–Crippen MR) is 105 cm³/mol. The van der Waals surface area contributed by atoms with Gasteiger partial charge in [-0.1, -0.05) is 17.7 Å². The van der Waals surface area contributed by atoms with E-state index in [0.717, 1.165) is 23.9 Å². The molecular formula is C19H21BrFN3OS. The molecule has 1 amide bonds. The first-order chi connectivity index (χ1) is 12.4. The van der Waals surface area contributed by atoms with E-state index < -0.39 is 5.82 Å². The summed E-state index contributed by atoms with van der Waals surface area (Å²) in [5.41, 5.74) is 1.63. The first-order valence-corrected chi connectivity index (χ1v) is 10.1. The lowest BCUT2D eigenvalue weighted by atomic mass is 10.2. The van der Waals surface area contributed by atoms with Gasteiger partial charge in [-0.3, -0.25) is 4.79 Å². The van der Waals surface area contributed by atoms with Crippen LogP contribution in [0.25, 0.3) is 0 Å². The van der Waals surface area contributed by atoms with Gasteiger partial charge in [0.15, 0.2) is 0 Å². The molecule has 1 aromatic heterocycles. The average Bonchev–Trinajstić information content (AvgIpc) is 2.98. The third-order valence-corrected chi connectivity index (χ3v) is 6.23. The quantitative estimate of drug-likeness (QED) is 0.553. The third-order valence-electron chi connectivity index (χ3n) is 4.49. The maximum Gasteiger partial charge on any atom is 0.238 e. The van der Waals surface area contributed by atoms with E-state index in [2.05, 4.69) is 68.6 Å². The summed E-state index contributed by atoms with van der Waals surface area (Å²) in [7, 11) is 0. The topological polar surface area (TPSA) is 45.2 Å². The second kappa shape index (κ2) is 8.50. The van der Waals surface area contributed by atoms with Crippen LogP contribution in [-0.2, 0) is 11.3 Å². The van der Waals surface area contributed by atoms with E-state index in [1.165, 1.54) is 5.56 Å². The molecule has 4 nitrogen and oxygen atoms in total. The monoisotopic (exact) mass is 437 g/mol. The van der Waals surface area contributed by atoms with Gasteiger partial charge in [0, 0.05) is 23.0 Å². The highest BCUT2D eigenvalue weighted by molar-refractivity contribution is 9.10. The SMILES string of the molecule is Cc1ccc(SN2C(C)CCC2C(=O)NCc2cc(Br)ncc2F)cc1. The number of benzene rings is 1. The van der Waals surface area contributed by atoms with Gasteiger partial charge < -0.3 is 5.32 Å². The summed E-state index contributed by atoms with van der Waals surface area (Å²) in [5, 5.41) is 2.87. The number of rotatable bonds is 5. The summed E-state index contributed by atoms with van der Waals surface area (Å²) in [6.07, 6.45) is 2.92. The fraction of sp³-hybridized carbons (Fsp3) is 0.368. The molecule has 26 heavy (non-hydrogen) atoms. The molecule has 1 aliphatic heterocycles. The van der Waals surface area contributed by atoms with Crippen LogP contribution in [-0.4, -0.2) is 27.3 Å². The standard InChI is InChI=1S/C19H21BrFN3OS/c1-12-3-6-15(7-4-12)26-24-13(2)5-8-17(24)19(25)23-10-14-9-18(20)22-11-16(14)21/h3-4,6-7,9,11,13,17H,5,8,10H2,1-2H3,(H,23,25). The second-order valence-electron chi connectivity index (χ2n) is 6.52. The number of hydrogen-bond acceptors (Lipinski definition) is 4. The molecule has 138 valence electrons. The van der Waals surface area contributed by atoms with Gasteiger partial charge in [-0.05, 0) is 72.8 Å². The van der Waals surface area contributed by atoms with Crippen molar-refractivity contribution < 1.29 is 9.18 Å². The first kappa shape index (κ1) is 19.3. The van der Waals surface area contributed by atoms with Crippen molar-refractivity contribution in [2.45, 2.75) is 50.2 Å². The zero-order valence-electron chi connectivity index (χ0n) is 14.7. The van der Waals surface area contributed by atoms with E-state index in [1.807, 2.05) is 0 Å². The average molecular weight is 438 g/mol. The van der Waals surface area contributed by atoms with Crippen LogP contribution in [0.5, 0.6) is 0 Å². The summed E-state index contributed by atoms with van der Waals surface area (Å²) < 4.78 is 16.5.